The Morgan fingerprint density at radius 1 is 0.716 bits per heavy atom. The Balaban J connectivity index is 1.11. The summed E-state index contributed by atoms with van der Waals surface area (Å²) in [5.74, 6) is -10.2. The molecule has 2 fully saturated rings. The molecule has 9 amide bonds. The highest BCUT2D eigenvalue weighted by molar-refractivity contribution is 6.32. The van der Waals surface area contributed by atoms with E-state index in [-0.39, 0.29) is 46.2 Å². The lowest BCUT2D eigenvalue weighted by Crippen LogP contribution is -2.64. The van der Waals surface area contributed by atoms with Crippen molar-refractivity contribution in [1.29, 1.82) is 0 Å². The van der Waals surface area contributed by atoms with Crippen LogP contribution < -0.4 is 73.5 Å². The first-order chi connectivity index (χ1) is 55.0. The summed E-state index contributed by atoms with van der Waals surface area (Å²) in [5, 5.41) is 127. The summed E-state index contributed by atoms with van der Waals surface area (Å²) in [6.07, 6.45) is -17.3. The molecule has 35 nitrogen and oxygen atoms in total. The molecule has 618 valence electrons. The van der Waals surface area contributed by atoms with Gasteiger partial charge in [-0.2, -0.15) is 0 Å². The Labute approximate surface area is 673 Å². The molecular formula is C79H89Cl2N11O24. The molecule has 18 unspecified atom stereocenters. The molecule has 6 aromatic carbocycles. The monoisotopic (exact) mass is 1650 g/mol. The first-order valence-corrected chi connectivity index (χ1v) is 37.7. The Hall–Kier alpha value is -11.0. The van der Waals surface area contributed by atoms with Gasteiger partial charge >= 0.3 is 0 Å². The van der Waals surface area contributed by atoms with Crippen LogP contribution in [0.3, 0.4) is 0 Å². The SMILES string of the molecule is CCCC#Cc1ccc(NC(=O)CNC(=O)C2NC(=O)C3NC(=O)C(NC(=O)C4NC(=O)C(CC(N)=O)NC(=O)C(NC(=O)C(CC(C)C)NC)C(O)c5ccc(c(Cl)c5)Oc5cc4cc(c5OC4OC(CO)C(O)C(O)C4OC4CC(C)(N)C(O)C(C)O4)Oc4ccc(cc4Cl)C3O)c3ccc(O)c(c3)-c3c(O)cc(O)cc32)cc1. The minimum Gasteiger partial charge on any atom is -0.508 e. The van der Waals surface area contributed by atoms with E-state index in [0.717, 1.165) is 73.2 Å². The molecule has 0 aromatic heterocycles. The number of aromatic hydroxyl groups is 3. The fraction of sp³-hybridized carbons (Fsp3) is 0.405. The number of nitrogens with one attached hydrogen (secondary N) is 9. The van der Waals surface area contributed by atoms with Gasteiger partial charge in [0.15, 0.2) is 23.9 Å². The van der Waals surface area contributed by atoms with Gasteiger partial charge in [0, 0.05) is 46.8 Å². The van der Waals surface area contributed by atoms with Crippen LogP contribution in [-0.2, 0) is 57.4 Å². The summed E-state index contributed by atoms with van der Waals surface area (Å²) in [6.45, 7) is 6.83. The molecule has 7 aliphatic heterocycles. The highest BCUT2D eigenvalue weighted by Gasteiger charge is 2.52. The van der Waals surface area contributed by atoms with Gasteiger partial charge in [0.1, 0.15) is 95.5 Å². The lowest BCUT2D eigenvalue weighted by Gasteiger charge is -2.47. The van der Waals surface area contributed by atoms with Gasteiger partial charge in [-0.05, 0) is 146 Å². The molecule has 18 atom stereocenters. The van der Waals surface area contributed by atoms with Gasteiger partial charge in [-0.15, -0.1) is 0 Å². The number of phenolic OH excluding ortho intramolecular Hbond substituents is 3. The number of rotatable bonds is 17. The van der Waals surface area contributed by atoms with Gasteiger partial charge in [0.05, 0.1) is 47.9 Å². The zero-order chi connectivity index (χ0) is 84.0. The van der Waals surface area contributed by atoms with E-state index in [4.69, 9.17) is 63.1 Å². The highest BCUT2D eigenvalue weighted by atomic mass is 35.5. The van der Waals surface area contributed by atoms with Crippen LogP contribution in [0.5, 0.6) is 46.0 Å². The van der Waals surface area contributed by atoms with Crippen molar-refractivity contribution in [3.05, 3.63) is 147 Å². The molecule has 0 saturated carbocycles. The zero-order valence-corrected chi connectivity index (χ0v) is 64.7. The van der Waals surface area contributed by atoms with Crippen molar-refractivity contribution in [2.45, 2.75) is 176 Å². The summed E-state index contributed by atoms with van der Waals surface area (Å²) < 4.78 is 38.6. The normalized spacial score (nSPS) is 26.9. The highest BCUT2D eigenvalue weighted by Crippen LogP contribution is 2.50. The second-order valence-electron chi connectivity index (χ2n) is 29.3. The van der Waals surface area contributed by atoms with E-state index in [1.807, 2.05) is 20.8 Å². The van der Waals surface area contributed by atoms with Crippen LogP contribution in [0.1, 0.15) is 130 Å². The lowest BCUT2D eigenvalue weighted by molar-refractivity contribution is -0.333. The third kappa shape index (κ3) is 19.4. The second kappa shape index (κ2) is 36.5. The molecule has 13 rings (SSSR count). The minimum atomic E-state index is -2.37. The predicted octanol–water partition coefficient (Wildman–Crippen LogP) is 1.93. The number of amides is 9. The van der Waals surface area contributed by atoms with Crippen molar-refractivity contribution in [2.75, 3.05) is 25.5 Å². The molecule has 22 N–H and O–H groups in total. The number of phenols is 3. The molecule has 0 spiro atoms. The fourth-order valence-electron chi connectivity index (χ4n) is 13.9. The van der Waals surface area contributed by atoms with E-state index in [9.17, 15) is 69.9 Å². The molecule has 37 heteroatoms. The van der Waals surface area contributed by atoms with Crippen LogP contribution in [0.25, 0.3) is 11.1 Å². The number of primary amides is 1. The van der Waals surface area contributed by atoms with Crippen LogP contribution in [0, 0.1) is 17.8 Å². The van der Waals surface area contributed by atoms with Crippen molar-refractivity contribution in [1.82, 2.24) is 42.5 Å². The van der Waals surface area contributed by atoms with E-state index in [1.165, 1.54) is 33.0 Å². The van der Waals surface area contributed by atoms with Crippen molar-refractivity contribution in [2.24, 2.45) is 17.4 Å². The van der Waals surface area contributed by atoms with Gasteiger partial charge < -0.3 is 134 Å². The number of aliphatic hydroxyl groups is 6. The number of unbranched alkanes of at least 4 members (excludes halogenated alkanes) is 1. The summed E-state index contributed by atoms with van der Waals surface area (Å²) >= 11 is 14.3. The number of hydrogen-bond acceptors (Lipinski definition) is 26. The molecule has 116 heavy (non-hydrogen) atoms. The minimum absolute atomic E-state index is 0.109. The quantitative estimate of drug-likeness (QED) is 0.0580. The maximum absolute atomic E-state index is 16.3. The number of benzene rings is 6. The third-order valence-electron chi connectivity index (χ3n) is 20.0. The van der Waals surface area contributed by atoms with Gasteiger partial charge in [0.2, 0.25) is 65.2 Å². The summed E-state index contributed by atoms with van der Waals surface area (Å²) in [5.41, 5.74) is 9.11. The standard InChI is InChI=1S/C79H89Cl2N11O24/c1-7-8-9-10-35-11-16-40(17-12-35)86-56(98)31-85-73(106)61-43-27-41(94)28-49(96)58(43)42-22-36(13-18-48(42)95)59-74(107)92-63(77(110)90-61)65(100)38-15-20-51(45(81)24-38)113-53-26-39-25-52(68(53)116-78-69(67(102)66(101)54(32-93)114-78)115-57-30-79(5,83)70(103)34(4)111-57)112-50-19-14-37(23-44(50)80)64(99)62(91-71(104)46(84-6)21-33(2)3)76(109)87-47(29-55(82)97)72(105)88-60(39)75(108)89-59/h11-20,22-28,33-34,46-47,54,57,59-67,69-70,78,84,93-96,99-103H,7-8,21,29-32,83H2,1-6H3,(H2,82,97)(H,85,106)(H,86,98)(H,87,109)(H,88,105)(H,89,108)(H,90,110)(H,91,104)(H,92,107). The molecule has 2 saturated heterocycles. The number of fused-ring (bicyclic) bond motifs is 15. The Kier molecular flexibility index (Phi) is 27.0. The molecule has 0 radical (unpaired) electrons. The van der Waals surface area contributed by atoms with Crippen molar-refractivity contribution in [3.8, 4) is 69.0 Å². The number of carbonyl (C=O) groups is 9. The smallest absolute Gasteiger partial charge is 0.248 e. The van der Waals surface area contributed by atoms with Crippen LogP contribution >= 0.6 is 23.2 Å². The maximum atomic E-state index is 16.3. The lowest BCUT2D eigenvalue weighted by atomic mass is 9.86. The second-order valence-corrected chi connectivity index (χ2v) is 30.1. The number of ether oxygens (including phenoxy) is 6. The Morgan fingerprint density at radius 2 is 1.34 bits per heavy atom. The van der Waals surface area contributed by atoms with Gasteiger partial charge in [-0.25, -0.2) is 0 Å². The first kappa shape index (κ1) is 85.9. The number of halogens is 2. The molecule has 0 aliphatic carbocycles. The molecule has 11 bridgehead atoms. The van der Waals surface area contributed by atoms with E-state index in [0.29, 0.717) is 17.7 Å². The molecular weight excluding hydrogens is 1560 g/mol. The molecule has 6 aromatic rings. The summed E-state index contributed by atoms with van der Waals surface area (Å²) in [4.78, 5) is 134. The largest absolute Gasteiger partial charge is 0.508 e. The van der Waals surface area contributed by atoms with Crippen LogP contribution in [0.2, 0.25) is 10.0 Å². The number of hydrogen-bond donors (Lipinski definition) is 20. The maximum Gasteiger partial charge on any atom is 0.248 e. The Morgan fingerprint density at radius 3 is 1.96 bits per heavy atom. The number of carbonyl (C=O) groups excluding carboxylic acids is 9. The van der Waals surface area contributed by atoms with E-state index in [2.05, 4.69) is 59.7 Å². The topological polar surface area (TPSA) is 551 Å². The average Bonchev–Trinajstić information content (AvgIpc) is 0.764. The van der Waals surface area contributed by atoms with Crippen molar-refractivity contribution >= 4 is 82.1 Å². The fourth-order valence-corrected chi connectivity index (χ4v) is 14.4. The van der Waals surface area contributed by atoms with E-state index >= 15 is 19.2 Å². The van der Waals surface area contributed by atoms with E-state index < -0.39 is 250 Å². The Bertz CT molecular complexity index is 4830. The van der Waals surface area contributed by atoms with Crippen molar-refractivity contribution < 1.29 is 118 Å². The summed E-state index contributed by atoms with van der Waals surface area (Å²) in [7, 11) is 1.47. The first-order valence-electron chi connectivity index (χ1n) is 36.9. The average molecular weight is 1650 g/mol. The molecule has 7 aliphatic rings. The van der Waals surface area contributed by atoms with E-state index in [1.54, 1.807) is 24.3 Å². The number of nitrogens with two attached hydrogens (primary N) is 2. The molecule has 7 heterocycles. The van der Waals surface area contributed by atoms with Crippen molar-refractivity contribution in [3.63, 3.8) is 0 Å². The van der Waals surface area contributed by atoms with Gasteiger partial charge in [0.25, 0.3) is 0 Å². The predicted molar refractivity (Wildman–Crippen MR) is 412 cm³/mol. The zero-order valence-electron chi connectivity index (χ0n) is 63.2. The number of likely N-dealkylation sites (N-methyl/N-ethyl adjacent to an activating group) is 1. The van der Waals surface area contributed by atoms with Crippen LogP contribution in [-0.4, -0.2) is 198 Å². The van der Waals surface area contributed by atoms with Gasteiger partial charge in [-0.1, -0.05) is 74.0 Å². The van der Waals surface area contributed by atoms with Crippen LogP contribution in [0.4, 0.5) is 5.69 Å². The van der Waals surface area contributed by atoms with Crippen LogP contribution in [0.15, 0.2) is 103 Å². The number of aliphatic hydroxyl groups excluding tert-OH is 6. The summed E-state index contributed by atoms with van der Waals surface area (Å²) in [6, 6.07) is 5.96. The van der Waals surface area contributed by atoms with Gasteiger partial charge in [-0.3, -0.25) is 43.2 Å². The third-order valence-corrected chi connectivity index (χ3v) is 20.6. The number of anilines is 1.